The lowest BCUT2D eigenvalue weighted by atomic mass is 10.0. The zero-order valence-corrected chi connectivity index (χ0v) is 9.66. The standard InChI is InChI=1S/C13H19NO/c1-13(2)11(12(13)14)10-6-4-5-9(7-10)8-15-3/h4-7,11-12H,8,14H2,1-3H3/t11-,12-/m0/s1. The van der Waals surface area contributed by atoms with Gasteiger partial charge < -0.3 is 10.5 Å². The van der Waals surface area contributed by atoms with Crippen molar-refractivity contribution in [3.05, 3.63) is 35.4 Å². The van der Waals surface area contributed by atoms with Crippen LogP contribution >= 0.6 is 0 Å². The molecule has 1 aromatic carbocycles. The van der Waals surface area contributed by atoms with Crippen molar-refractivity contribution in [2.45, 2.75) is 32.4 Å². The molecule has 0 radical (unpaired) electrons. The number of ether oxygens (including phenoxy) is 1. The second kappa shape index (κ2) is 3.62. The minimum absolute atomic E-state index is 0.256. The quantitative estimate of drug-likeness (QED) is 0.821. The van der Waals surface area contributed by atoms with Crippen LogP contribution in [0.2, 0.25) is 0 Å². The van der Waals surface area contributed by atoms with Gasteiger partial charge in [0.05, 0.1) is 6.61 Å². The Morgan fingerprint density at radius 1 is 1.40 bits per heavy atom. The molecule has 1 aromatic rings. The molecule has 15 heavy (non-hydrogen) atoms. The van der Waals surface area contributed by atoms with Gasteiger partial charge >= 0.3 is 0 Å². The highest BCUT2D eigenvalue weighted by molar-refractivity contribution is 5.36. The summed E-state index contributed by atoms with van der Waals surface area (Å²) in [5.41, 5.74) is 8.90. The highest BCUT2D eigenvalue weighted by Gasteiger charge is 2.55. The summed E-state index contributed by atoms with van der Waals surface area (Å²) in [4.78, 5) is 0. The molecule has 0 aliphatic heterocycles. The third-order valence-electron chi connectivity index (χ3n) is 3.53. The molecule has 2 N–H and O–H groups in total. The molecule has 2 nitrogen and oxygen atoms in total. The maximum absolute atomic E-state index is 6.07. The molecule has 1 aliphatic rings. The van der Waals surface area contributed by atoms with Crippen LogP contribution in [0.15, 0.2) is 24.3 Å². The fourth-order valence-corrected chi connectivity index (χ4v) is 2.36. The molecule has 0 bridgehead atoms. The van der Waals surface area contributed by atoms with Crippen molar-refractivity contribution in [3.8, 4) is 0 Å². The minimum Gasteiger partial charge on any atom is -0.380 e. The van der Waals surface area contributed by atoms with Gasteiger partial charge in [-0.15, -0.1) is 0 Å². The van der Waals surface area contributed by atoms with Crippen LogP contribution in [0, 0.1) is 5.41 Å². The van der Waals surface area contributed by atoms with Crippen molar-refractivity contribution in [2.24, 2.45) is 11.1 Å². The van der Waals surface area contributed by atoms with Crippen LogP contribution in [0.25, 0.3) is 0 Å². The minimum atomic E-state index is 0.256. The van der Waals surface area contributed by atoms with Crippen LogP contribution in [0.1, 0.15) is 30.9 Å². The Bertz CT molecular complexity index is 359. The van der Waals surface area contributed by atoms with E-state index in [1.807, 2.05) is 0 Å². The summed E-state index contributed by atoms with van der Waals surface area (Å²) in [5.74, 6) is 0.509. The van der Waals surface area contributed by atoms with E-state index in [2.05, 4.69) is 38.1 Å². The molecular formula is C13H19NO. The van der Waals surface area contributed by atoms with E-state index < -0.39 is 0 Å². The average molecular weight is 205 g/mol. The van der Waals surface area contributed by atoms with Gasteiger partial charge in [-0.2, -0.15) is 0 Å². The summed E-state index contributed by atoms with van der Waals surface area (Å²) in [5, 5.41) is 0. The van der Waals surface area contributed by atoms with E-state index in [0.717, 1.165) is 0 Å². The summed E-state index contributed by atoms with van der Waals surface area (Å²) < 4.78 is 5.13. The van der Waals surface area contributed by atoms with Gasteiger partial charge in [0.2, 0.25) is 0 Å². The molecule has 0 amide bonds. The Kier molecular flexibility index (Phi) is 2.57. The van der Waals surface area contributed by atoms with Gasteiger partial charge in [0, 0.05) is 19.1 Å². The molecule has 1 fully saturated rings. The molecule has 2 heteroatoms. The topological polar surface area (TPSA) is 35.2 Å². The maximum Gasteiger partial charge on any atom is 0.0713 e. The zero-order valence-electron chi connectivity index (χ0n) is 9.66. The average Bonchev–Trinajstić information content (AvgIpc) is 2.67. The lowest BCUT2D eigenvalue weighted by molar-refractivity contribution is 0.185. The summed E-state index contributed by atoms with van der Waals surface area (Å²) in [6.07, 6.45) is 0. The van der Waals surface area contributed by atoms with Crippen molar-refractivity contribution in [2.75, 3.05) is 7.11 Å². The molecule has 1 saturated carbocycles. The fraction of sp³-hybridized carbons (Fsp3) is 0.538. The number of rotatable bonds is 3. The molecule has 2 atom stereocenters. The SMILES string of the molecule is COCc1cccc([C@H]2[C@H](N)C2(C)C)c1. The smallest absolute Gasteiger partial charge is 0.0713 e. The number of hydrogen-bond donors (Lipinski definition) is 1. The Hall–Kier alpha value is -0.860. The third kappa shape index (κ3) is 1.80. The maximum atomic E-state index is 6.07. The molecule has 0 unspecified atom stereocenters. The molecule has 0 heterocycles. The van der Waals surface area contributed by atoms with Gasteiger partial charge in [0.1, 0.15) is 0 Å². The first kappa shape index (κ1) is 10.7. The summed E-state index contributed by atoms with van der Waals surface area (Å²) >= 11 is 0. The van der Waals surface area contributed by atoms with Crippen molar-refractivity contribution < 1.29 is 4.74 Å². The van der Waals surface area contributed by atoms with Gasteiger partial charge in [0.25, 0.3) is 0 Å². The predicted octanol–water partition coefficient (Wildman–Crippen LogP) is 2.28. The lowest BCUT2D eigenvalue weighted by Crippen LogP contribution is -2.06. The monoisotopic (exact) mass is 205 g/mol. The van der Waals surface area contributed by atoms with E-state index in [4.69, 9.17) is 10.5 Å². The Labute approximate surface area is 91.4 Å². The van der Waals surface area contributed by atoms with Gasteiger partial charge in [-0.25, -0.2) is 0 Å². The number of nitrogens with two attached hydrogens (primary N) is 1. The van der Waals surface area contributed by atoms with Crippen molar-refractivity contribution >= 4 is 0 Å². The van der Waals surface area contributed by atoms with E-state index in [-0.39, 0.29) is 5.41 Å². The van der Waals surface area contributed by atoms with E-state index in [1.165, 1.54) is 11.1 Å². The highest BCUT2D eigenvalue weighted by atomic mass is 16.5. The molecule has 0 saturated heterocycles. The normalized spacial score (nSPS) is 27.7. The molecule has 2 rings (SSSR count). The highest BCUT2D eigenvalue weighted by Crippen LogP contribution is 2.57. The Balaban J connectivity index is 2.20. The largest absolute Gasteiger partial charge is 0.380 e. The van der Waals surface area contributed by atoms with Gasteiger partial charge in [-0.1, -0.05) is 38.1 Å². The van der Waals surface area contributed by atoms with E-state index in [0.29, 0.717) is 18.6 Å². The number of hydrogen-bond acceptors (Lipinski definition) is 2. The fourth-order valence-electron chi connectivity index (χ4n) is 2.36. The first-order chi connectivity index (χ1) is 7.07. The van der Waals surface area contributed by atoms with Crippen molar-refractivity contribution in [1.29, 1.82) is 0 Å². The molecule has 0 spiro atoms. The van der Waals surface area contributed by atoms with E-state index in [1.54, 1.807) is 7.11 Å². The second-order valence-corrected chi connectivity index (χ2v) is 5.00. The van der Waals surface area contributed by atoms with Crippen LogP contribution < -0.4 is 5.73 Å². The third-order valence-corrected chi connectivity index (χ3v) is 3.53. The van der Waals surface area contributed by atoms with Crippen LogP contribution in [0.4, 0.5) is 0 Å². The first-order valence-electron chi connectivity index (χ1n) is 5.40. The summed E-state index contributed by atoms with van der Waals surface area (Å²) in [6, 6.07) is 8.86. The Morgan fingerprint density at radius 2 is 2.07 bits per heavy atom. The molecule has 82 valence electrons. The van der Waals surface area contributed by atoms with Crippen molar-refractivity contribution in [1.82, 2.24) is 0 Å². The zero-order chi connectivity index (χ0) is 11.1. The van der Waals surface area contributed by atoms with Gasteiger partial charge in [0.15, 0.2) is 0 Å². The van der Waals surface area contributed by atoms with Gasteiger partial charge in [-0.3, -0.25) is 0 Å². The molecular weight excluding hydrogens is 186 g/mol. The summed E-state index contributed by atoms with van der Waals surface area (Å²) in [7, 11) is 1.72. The number of benzene rings is 1. The van der Waals surface area contributed by atoms with Gasteiger partial charge in [-0.05, 0) is 16.5 Å². The first-order valence-corrected chi connectivity index (χ1v) is 5.40. The van der Waals surface area contributed by atoms with E-state index in [9.17, 15) is 0 Å². The molecule has 0 aromatic heterocycles. The van der Waals surface area contributed by atoms with Crippen molar-refractivity contribution in [3.63, 3.8) is 0 Å². The Morgan fingerprint density at radius 3 is 2.60 bits per heavy atom. The summed E-state index contributed by atoms with van der Waals surface area (Å²) in [6.45, 7) is 5.13. The number of methoxy groups -OCH3 is 1. The van der Waals surface area contributed by atoms with Crippen LogP contribution in [0.5, 0.6) is 0 Å². The molecule has 1 aliphatic carbocycles. The second-order valence-electron chi connectivity index (χ2n) is 5.00. The van der Waals surface area contributed by atoms with Crippen LogP contribution in [0.3, 0.4) is 0 Å². The van der Waals surface area contributed by atoms with E-state index >= 15 is 0 Å². The van der Waals surface area contributed by atoms with Crippen LogP contribution in [-0.4, -0.2) is 13.2 Å². The lowest BCUT2D eigenvalue weighted by Gasteiger charge is -2.05. The van der Waals surface area contributed by atoms with Crippen LogP contribution in [-0.2, 0) is 11.3 Å². The predicted molar refractivity (Wildman–Crippen MR) is 61.7 cm³/mol.